The number of rotatable bonds is 6. The average molecular weight is 317 g/mol. The van der Waals surface area contributed by atoms with E-state index in [9.17, 15) is 4.79 Å². The van der Waals surface area contributed by atoms with Gasteiger partial charge in [0.2, 0.25) is 5.91 Å². The second-order valence-corrected chi connectivity index (χ2v) is 6.18. The summed E-state index contributed by atoms with van der Waals surface area (Å²) in [6.45, 7) is 5.15. The Morgan fingerprint density at radius 1 is 1.45 bits per heavy atom. The van der Waals surface area contributed by atoms with E-state index in [4.69, 9.17) is 0 Å². The summed E-state index contributed by atoms with van der Waals surface area (Å²) in [6.07, 6.45) is 4.80. The smallest absolute Gasteiger partial charge is 0.223 e. The monoisotopic (exact) mass is 316 g/mol. The first kappa shape index (κ1) is 17.5. The van der Waals surface area contributed by atoms with E-state index in [-0.39, 0.29) is 12.4 Å². The molecule has 2 heterocycles. The number of hydrogen-bond donors (Lipinski definition) is 1. The van der Waals surface area contributed by atoms with Gasteiger partial charge in [-0.3, -0.25) is 4.79 Å². The fraction of sp³-hybridized carbons (Fsp3) is 0.667. The maximum Gasteiger partial charge on any atom is 0.223 e. The molecule has 0 atom stereocenters. The van der Waals surface area contributed by atoms with E-state index in [1.54, 1.807) is 11.3 Å². The van der Waals surface area contributed by atoms with Crippen LogP contribution in [0, 0.1) is 0 Å². The summed E-state index contributed by atoms with van der Waals surface area (Å²) in [5.41, 5.74) is 0. The van der Waals surface area contributed by atoms with E-state index >= 15 is 0 Å². The van der Waals surface area contributed by atoms with Crippen LogP contribution in [-0.4, -0.2) is 36.5 Å². The molecule has 1 saturated heterocycles. The molecule has 1 aromatic rings. The highest BCUT2D eigenvalue weighted by atomic mass is 35.5. The first-order valence-electron chi connectivity index (χ1n) is 7.34. The van der Waals surface area contributed by atoms with Crippen molar-refractivity contribution in [1.82, 2.24) is 10.2 Å². The molecule has 0 saturated carbocycles. The quantitative estimate of drug-likeness (QED) is 0.874. The minimum atomic E-state index is 0. The second-order valence-electron chi connectivity index (χ2n) is 5.15. The van der Waals surface area contributed by atoms with Crippen molar-refractivity contribution in [2.75, 3.05) is 19.6 Å². The normalized spacial score (nSPS) is 15.7. The largest absolute Gasteiger partial charge is 0.340 e. The second kappa shape index (κ2) is 9.37. The van der Waals surface area contributed by atoms with Gasteiger partial charge < -0.3 is 10.2 Å². The molecular formula is C15H25ClN2OS. The van der Waals surface area contributed by atoms with Crippen molar-refractivity contribution in [3.05, 3.63) is 22.4 Å². The number of aryl methyl sites for hydroxylation is 1. The Morgan fingerprint density at radius 2 is 2.20 bits per heavy atom. The molecule has 0 bridgehead atoms. The zero-order valence-corrected chi connectivity index (χ0v) is 13.8. The van der Waals surface area contributed by atoms with Gasteiger partial charge in [-0.1, -0.05) is 13.0 Å². The summed E-state index contributed by atoms with van der Waals surface area (Å²) >= 11 is 1.74. The van der Waals surface area contributed by atoms with Crippen molar-refractivity contribution < 1.29 is 4.79 Å². The number of carbonyl (C=O) groups excluding carboxylic acids is 1. The zero-order chi connectivity index (χ0) is 13.5. The first-order valence-corrected chi connectivity index (χ1v) is 8.21. The first-order chi connectivity index (χ1) is 9.31. The van der Waals surface area contributed by atoms with Gasteiger partial charge in [-0.05, 0) is 50.2 Å². The van der Waals surface area contributed by atoms with Crippen LogP contribution in [0.3, 0.4) is 0 Å². The highest BCUT2D eigenvalue weighted by Crippen LogP contribution is 2.16. The van der Waals surface area contributed by atoms with Gasteiger partial charge in [0.1, 0.15) is 0 Å². The topological polar surface area (TPSA) is 32.3 Å². The summed E-state index contributed by atoms with van der Waals surface area (Å²) in [7, 11) is 0. The minimum absolute atomic E-state index is 0. The van der Waals surface area contributed by atoms with Gasteiger partial charge in [0, 0.05) is 23.9 Å². The number of amides is 1. The van der Waals surface area contributed by atoms with Crippen molar-refractivity contribution in [2.24, 2.45) is 0 Å². The highest BCUT2D eigenvalue weighted by Gasteiger charge is 2.24. The van der Waals surface area contributed by atoms with Crippen molar-refractivity contribution in [3.63, 3.8) is 0 Å². The highest BCUT2D eigenvalue weighted by molar-refractivity contribution is 7.09. The number of hydrogen-bond acceptors (Lipinski definition) is 3. The van der Waals surface area contributed by atoms with Crippen LogP contribution in [0.25, 0.3) is 0 Å². The molecule has 2 rings (SSSR count). The maximum absolute atomic E-state index is 12.4. The molecule has 1 amide bonds. The van der Waals surface area contributed by atoms with Crippen LogP contribution in [0.2, 0.25) is 0 Å². The summed E-state index contributed by atoms with van der Waals surface area (Å²) in [4.78, 5) is 15.9. The molecule has 0 spiro atoms. The van der Waals surface area contributed by atoms with E-state index in [0.717, 1.165) is 45.3 Å². The van der Waals surface area contributed by atoms with E-state index in [0.29, 0.717) is 18.4 Å². The fourth-order valence-electron chi connectivity index (χ4n) is 2.70. The predicted molar refractivity (Wildman–Crippen MR) is 87.8 cm³/mol. The molecule has 1 aliphatic heterocycles. The van der Waals surface area contributed by atoms with Crippen LogP contribution in [-0.2, 0) is 11.2 Å². The Hall–Kier alpha value is -0.580. The third-order valence-electron chi connectivity index (χ3n) is 3.70. The van der Waals surface area contributed by atoms with Crippen LogP contribution < -0.4 is 5.32 Å². The van der Waals surface area contributed by atoms with Crippen LogP contribution in [0.5, 0.6) is 0 Å². The molecule has 5 heteroatoms. The number of halogens is 1. The molecule has 1 fully saturated rings. The molecule has 0 aromatic carbocycles. The molecule has 114 valence electrons. The molecule has 0 radical (unpaired) electrons. The molecule has 3 nitrogen and oxygen atoms in total. The molecule has 1 N–H and O–H groups in total. The van der Waals surface area contributed by atoms with Gasteiger partial charge in [-0.2, -0.15) is 0 Å². The molecule has 0 unspecified atom stereocenters. The Labute approximate surface area is 132 Å². The van der Waals surface area contributed by atoms with Crippen LogP contribution in [0.15, 0.2) is 17.5 Å². The number of thiophene rings is 1. The molecular weight excluding hydrogens is 292 g/mol. The summed E-state index contributed by atoms with van der Waals surface area (Å²) in [5, 5.41) is 5.45. The molecule has 1 aromatic heterocycles. The lowest BCUT2D eigenvalue weighted by Gasteiger charge is -2.34. The Morgan fingerprint density at radius 3 is 2.80 bits per heavy atom. The number of piperidine rings is 1. The lowest BCUT2D eigenvalue weighted by molar-refractivity contribution is -0.134. The standard InChI is InChI=1S/C15H24N2OS.ClH/c1-2-11-17(13-7-9-16-10-8-13)15(18)6-5-14-4-3-12-19-14;/h3-4,12-13,16H,2,5-11H2,1H3;1H. The van der Waals surface area contributed by atoms with Crippen LogP contribution >= 0.6 is 23.7 Å². The van der Waals surface area contributed by atoms with E-state index in [2.05, 4.69) is 34.7 Å². The maximum atomic E-state index is 12.4. The summed E-state index contributed by atoms with van der Waals surface area (Å²) in [6, 6.07) is 4.63. The summed E-state index contributed by atoms with van der Waals surface area (Å²) in [5.74, 6) is 0.335. The number of nitrogens with one attached hydrogen (secondary N) is 1. The average Bonchev–Trinajstić information content (AvgIpc) is 2.96. The minimum Gasteiger partial charge on any atom is -0.340 e. The fourth-order valence-corrected chi connectivity index (χ4v) is 3.41. The number of nitrogens with zero attached hydrogens (tertiary/aromatic N) is 1. The van der Waals surface area contributed by atoms with Gasteiger partial charge in [0.15, 0.2) is 0 Å². The van der Waals surface area contributed by atoms with Crippen molar-refractivity contribution in [1.29, 1.82) is 0 Å². The van der Waals surface area contributed by atoms with Gasteiger partial charge >= 0.3 is 0 Å². The lowest BCUT2D eigenvalue weighted by atomic mass is 10.0. The lowest BCUT2D eigenvalue weighted by Crippen LogP contribution is -2.46. The van der Waals surface area contributed by atoms with E-state index in [1.165, 1.54) is 4.88 Å². The van der Waals surface area contributed by atoms with Gasteiger partial charge in [-0.25, -0.2) is 0 Å². The van der Waals surface area contributed by atoms with Crippen molar-refractivity contribution in [3.8, 4) is 0 Å². The predicted octanol–water partition coefficient (Wildman–Crippen LogP) is 3.09. The van der Waals surface area contributed by atoms with E-state index < -0.39 is 0 Å². The third-order valence-corrected chi connectivity index (χ3v) is 4.64. The zero-order valence-electron chi connectivity index (χ0n) is 12.1. The molecule has 20 heavy (non-hydrogen) atoms. The summed E-state index contributed by atoms with van der Waals surface area (Å²) < 4.78 is 0. The Balaban J connectivity index is 0.00000200. The van der Waals surface area contributed by atoms with Crippen molar-refractivity contribution in [2.45, 2.75) is 45.1 Å². The van der Waals surface area contributed by atoms with Crippen LogP contribution in [0.1, 0.15) is 37.5 Å². The van der Waals surface area contributed by atoms with Gasteiger partial charge in [0.05, 0.1) is 0 Å². The molecule has 1 aliphatic rings. The van der Waals surface area contributed by atoms with Crippen LogP contribution in [0.4, 0.5) is 0 Å². The van der Waals surface area contributed by atoms with Crippen molar-refractivity contribution >= 4 is 29.7 Å². The van der Waals surface area contributed by atoms with E-state index in [1.807, 2.05) is 0 Å². The van der Waals surface area contributed by atoms with Gasteiger partial charge in [-0.15, -0.1) is 23.7 Å². The Kier molecular flexibility index (Phi) is 8.19. The third kappa shape index (κ3) is 5.08. The SMILES string of the molecule is CCCN(C(=O)CCc1cccs1)C1CCNCC1.Cl. The molecule has 0 aliphatic carbocycles. The Bertz CT molecular complexity index is 377. The van der Waals surface area contributed by atoms with Gasteiger partial charge in [0.25, 0.3) is 0 Å². The number of carbonyl (C=O) groups is 1.